The number of hydrogen-bond acceptors (Lipinski definition) is 0. The van der Waals surface area contributed by atoms with Crippen LogP contribution in [0, 0.1) is 5.92 Å². The Morgan fingerprint density at radius 1 is 1.27 bits per heavy atom. The van der Waals surface area contributed by atoms with Gasteiger partial charge in [-0.2, -0.15) is 0 Å². The second-order valence-electron chi connectivity index (χ2n) is 2.56. The van der Waals surface area contributed by atoms with E-state index in [1.54, 1.807) is 0 Å². The largest absolute Gasteiger partial charge is 1.00 e. The molecule has 0 amide bonds. The highest BCUT2D eigenvalue weighted by Gasteiger charge is 2.03. The van der Waals surface area contributed by atoms with E-state index in [1.165, 1.54) is 6.54 Å². The summed E-state index contributed by atoms with van der Waals surface area (Å²) in [6.45, 7) is 8.61. The van der Waals surface area contributed by atoms with Crippen LogP contribution in [0.3, 0.4) is 0 Å². The molecule has 0 saturated carbocycles. The first-order valence-corrected chi connectivity index (χ1v) is 3.84. The van der Waals surface area contributed by atoms with Gasteiger partial charge in [0.1, 0.15) is 0 Å². The summed E-state index contributed by atoms with van der Waals surface area (Å²) in [4.78, 5) is 0. The van der Waals surface area contributed by atoms with Crippen LogP contribution in [-0.2, 0) is 0 Å². The molecule has 0 spiro atoms. The van der Waals surface area contributed by atoms with Gasteiger partial charge in [-0.15, -0.1) is 13.2 Å². The first-order valence-electron chi connectivity index (χ1n) is 3.84. The zero-order valence-electron chi connectivity index (χ0n) is 7.22. The minimum Gasteiger partial charge on any atom is -1.00 e. The third-order valence-corrected chi connectivity index (χ3v) is 1.57. The third-order valence-electron chi connectivity index (χ3n) is 1.57. The van der Waals surface area contributed by atoms with Gasteiger partial charge in [-0.25, -0.2) is 0 Å². The van der Waals surface area contributed by atoms with Crippen LogP contribution in [-0.4, -0.2) is 13.6 Å². The van der Waals surface area contributed by atoms with Crippen molar-refractivity contribution in [3.05, 3.63) is 25.3 Å². The van der Waals surface area contributed by atoms with Crippen molar-refractivity contribution in [1.82, 2.24) is 0 Å². The van der Waals surface area contributed by atoms with Crippen LogP contribution >= 0.6 is 0 Å². The predicted octanol–water partition coefficient (Wildman–Crippen LogP) is -2.05. The molecular weight excluding hydrogens is 141 g/mol. The van der Waals surface area contributed by atoms with Gasteiger partial charge in [-0.1, -0.05) is 12.2 Å². The summed E-state index contributed by atoms with van der Waals surface area (Å²) in [5.74, 6) is 0.736. The zero-order valence-corrected chi connectivity index (χ0v) is 7.22. The van der Waals surface area contributed by atoms with E-state index in [-0.39, 0.29) is 4.70 Å². The highest BCUT2D eigenvalue weighted by atomic mass is 19.0. The number of allylic oxidation sites excluding steroid dienone is 2. The normalized spacial score (nSPS) is 8.91. The van der Waals surface area contributed by atoms with Crippen LogP contribution in [0.25, 0.3) is 0 Å². The lowest BCUT2D eigenvalue weighted by Gasteiger charge is -2.08. The summed E-state index contributed by atoms with van der Waals surface area (Å²) in [5, 5.41) is 2.21. The highest BCUT2D eigenvalue weighted by Crippen LogP contribution is 2.06. The molecule has 0 aromatic heterocycles. The average molecular weight is 159 g/mol. The molecule has 0 heterocycles. The molecule has 1 nitrogen and oxygen atoms in total. The molecule has 0 unspecified atom stereocenters. The van der Waals surface area contributed by atoms with Crippen LogP contribution in [0.2, 0.25) is 0 Å². The maximum atomic E-state index is 3.72. The first-order chi connectivity index (χ1) is 4.85. The molecule has 0 aromatic rings. The zero-order chi connectivity index (χ0) is 7.82. The first kappa shape index (κ1) is 13.0. The second-order valence-corrected chi connectivity index (χ2v) is 2.56. The maximum Gasteiger partial charge on any atom is 0.0787 e. The summed E-state index contributed by atoms with van der Waals surface area (Å²) in [6, 6.07) is 0. The van der Waals surface area contributed by atoms with E-state index in [0.29, 0.717) is 0 Å². The molecule has 66 valence electrons. The predicted molar refractivity (Wildman–Crippen MR) is 45.8 cm³/mol. The molecule has 2 N–H and O–H groups in total. The third kappa shape index (κ3) is 7.26. The van der Waals surface area contributed by atoms with Crippen LogP contribution in [0.4, 0.5) is 0 Å². The van der Waals surface area contributed by atoms with Gasteiger partial charge in [0, 0.05) is 5.92 Å². The van der Waals surface area contributed by atoms with E-state index in [0.717, 1.165) is 18.8 Å². The molecule has 0 rings (SSSR count). The van der Waals surface area contributed by atoms with Crippen LogP contribution in [0.15, 0.2) is 25.3 Å². The van der Waals surface area contributed by atoms with Gasteiger partial charge in [0.05, 0.1) is 13.6 Å². The van der Waals surface area contributed by atoms with Crippen molar-refractivity contribution in [2.24, 2.45) is 5.92 Å². The lowest BCUT2D eigenvalue weighted by molar-refractivity contribution is -0.632. The number of halogens is 1. The Hall–Kier alpha value is -0.630. The molecule has 0 aromatic carbocycles. The molecule has 0 fully saturated rings. The monoisotopic (exact) mass is 159 g/mol. The molecule has 0 aliphatic rings. The van der Waals surface area contributed by atoms with Crippen LogP contribution in [0.1, 0.15) is 12.8 Å². The summed E-state index contributed by atoms with van der Waals surface area (Å²) in [5.41, 5.74) is 0. The van der Waals surface area contributed by atoms with Crippen LogP contribution in [0.5, 0.6) is 0 Å². The standard InChI is InChI=1S/C9H17N.FH/c1-4-6-9(7-5-2)8-10-3;/h4-5,9-10H,1-2,6-8H2,3H3;1H. The topological polar surface area (TPSA) is 16.6 Å². The van der Waals surface area contributed by atoms with Gasteiger partial charge in [-0.3, -0.25) is 0 Å². The Bertz CT molecular complexity index is 91.7. The Balaban J connectivity index is 0. The molecule has 0 saturated heterocycles. The summed E-state index contributed by atoms with van der Waals surface area (Å²) < 4.78 is 0. The minimum atomic E-state index is 0. The fourth-order valence-corrected chi connectivity index (χ4v) is 1.09. The van der Waals surface area contributed by atoms with Crippen molar-refractivity contribution in [2.75, 3.05) is 13.6 Å². The molecular formula is C9H18FN. The molecule has 0 atom stereocenters. The van der Waals surface area contributed by atoms with Gasteiger partial charge in [0.15, 0.2) is 0 Å². The van der Waals surface area contributed by atoms with Crippen LogP contribution < -0.4 is 10.0 Å². The lowest BCUT2D eigenvalue weighted by atomic mass is 10.0. The van der Waals surface area contributed by atoms with Crippen molar-refractivity contribution < 1.29 is 10.0 Å². The van der Waals surface area contributed by atoms with E-state index >= 15 is 0 Å². The molecule has 2 heteroatoms. The number of nitrogens with two attached hydrogens (primary N) is 1. The van der Waals surface area contributed by atoms with E-state index in [2.05, 4.69) is 25.5 Å². The van der Waals surface area contributed by atoms with Crippen molar-refractivity contribution in [3.8, 4) is 0 Å². The Morgan fingerprint density at radius 3 is 2.00 bits per heavy atom. The molecule has 0 aliphatic carbocycles. The van der Waals surface area contributed by atoms with E-state index in [1.807, 2.05) is 12.2 Å². The van der Waals surface area contributed by atoms with E-state index in [4.69, 9.17) is 0 Å². The number of hydrogen-bond donors (Lipinski definition) is 1. The van der Waals surface area contributed by atoms with Crippen molar-refractivity contribution in [1.29, 1.82) is 0 Å². The van der Waals surface area contributed by atoms with E-state index in [9.17, 15) is 0 Å². The fraction of sp³-hybridized carbons (Fsp3) is 0.556. The average Bonchev–Trinajstić information content (AvgIpc) is 1.90. The van der Waals surface area contributed by atoms with Gasteiger partial charge >= 0.3 is 0 Å². The summed E-state index contributed by atoms with van der Waals surface area (Å²) >= 11 is 0. The lowest BCUT2D eigenvalue weighted by Crippen LogP contribution is -3.00. The van der Waals surface area contributed by atoms with Crippen molar-refractivity contribution in [3.63, 3.8) is 0 Å². The summed E-state index contributed by atoms with van der Waals surface area (Å²) in [7, 11) is 2.10. The van der Waals surface area contributed by atoms with Crippen molar-refractivity contribution in [2.45, 2.75) is 12.8 Å². The van der Waals surface area contributed by atoms with Gasteiger partial charge in [0.25, 0.3) is 0 Å². The number of rotatable bonds is 6. The van der Waals surface area contributed by atoms with E-state index < -0.39 is 0 Å². The summed E-state index contributed by atoms with van der Waals surface area (Å²) in [6.07, 6.45) is 6.18. The van der Waals surface area contributed by atoms with Crippen molar-refractivity contribution >= 4 is 0 Å². The van der Waals surface area contributed by atoms with Gasteiger partial charge in [-0.05, 0) is 12.8 Å². The Labute approximate surface area is 68.6 Å². The molecule has 0 bridgehead atoms. The SMILES string of the molecule is C=CCC(CC=C)C[NH2+]C.[F-]. The quantitative estimate of drug-likeness (QED) is 0.430. The Morgan fingerprint density at radius 2 is 1.73 bits per heavy atom. The van der Waals surface area contributed by atoms with Gasteiger partial charge < -0.3 is 10.0 Å². The smallest absolute Gasteiger partial charge is 0.0787 e. The molecule has 11 heavy (non-hydrogen) atoms. The molecule has 0 aliphatic heterocycles. The molecule has 0 radical (unpaired) electrons. The highest BCUT2D eigenvalue weighted by molar-refractivity contribution is 4.78. The Kier molecular flexibility index (Phi) is 11.1. The van der Waals surface area contributed by atoms with Gasteiger partial charge in [0.2, 0.25) is 0 Å². The minimum absolute atomic E-state index is 0. The second kappa shape index (κ2) is 9.37. The number of quaternary nitrogens is 1. The fourth-order valence-electron chi connectivity index (χ4n) is 1.09. The maximum absolute atomic E-state index is 3.72.